The normalized spacial score (nSPS) is 14.6. The Morgan fingerprint density at radius 3 is 2.48 bits per heavy atom. The van der Waals surface area contributed by atoms with E-state index in [1.807, 2.05) is 48.5 Å². The highest BCUT2D eigenvalue weighted by Gasteiger charge is 2.16. The maximum Gasteiger partial charge on any atom is 0.251 e. The number of carbonyl (C=O) groups excluding carboxylic acids is 2. The van der Waals surface area contributed by atoms with E-state index >= 15 is 0 Å². The van der Waals surface area contributed by atoms with Crippen LogP contribution in [0.2, 0.25) is 0 Å². The van der Waals surface area contributed by atoms with Gasteiger partial charge in [-0.05, 0) is 49.2 Å². The molecule has 2 N–H and O–H groups in total. The third-order valence-corrected chi connectivity index (χ3v) is 5.47. The third kappa shape index (κ3) is 4.86. The van der Waals surface area contributed by atoms with Crippen molar-refractivity contribution in [2.75, 3.05) is 11.9 Å². The molecule has 0 spiro atoms. The van der Waals surface area contributed by atoms with Crippen LogP contribution < -0.4 is 10.6 Å². The summed E-state index contributed by atoms with van der Waals surface area (Å²) < 4.78 is 5.62. The van der Waals surface area contributed by atoms with Crippen molar-refractivity contribution in [2.45, 2.75) is 44.6 Å². The number of hydrogen-bond donors (Lipinski definition) is 2. The quantitative estimate of drug-likeness (QED) is 0.545. The van der Waals surface area contributed by atoms with Crippen LogP contribution in [0.3, 0.4) is 0 Å². The first-order chi connectivity index (χ1) is 14.2. The standard InChI is InChI=1S/C24H26N2O3/c27-21(23-16-18-6-4-5-9-22(18)29-23)14-15-25-19-12-10-17(11-13-19)24(28)26-20-7-2-1-3-8-20/h4-6,9-13,16,20,25H,1-3,7-8,14-15H2,(H,26,28). The molecule has 1 aromatic heterocycles. The average Bonchev–Trinajstić information content (AvgIpc) is 3.19. The summed E-state index contributed by atoms with van der Waals surface area (Å²) in [5, 5.41) is 7.30. The summed E-state index contributed by atoms with van der Waals surface area (Å²) in [6, 6.07) is 17.1. The van der Waals surface area contributed by atoms with Gasteiger partial charge in [0.15, 0.2) is 11.5 Å². The number of amides is 1. The summed E-state index contributed by atoms with van der Waals surface area (Å²) in [5.41, 5.74) is 2.28. The molecule has 5 heteroatoms. The summed E-state index contributed by atoms with van der Waals surface area (Å²) in [7, 11) is 0. The van der Waals surface area contributed by atoms with Gasteiger partial charge in [0, 0.05) is 35.6 Å². The molecule has 5 nitrogen and oxygen atoms in total. The second kappa shape index (κ2) is 8.95. The van der Waals surface area contributed by atoms with E-state index in [1.54, 1.807) is 6.07 Å². The number of carbonyl (C=O) groups is 2. The lowest BCUT2D eigenvalue weighted by molar-refractivity contribution is 0.0926. The SMILES string of the molecule is O=C(NC1CCCCC1)c1ccc(NCCC(=O)c2cc3ccccc3o2)cc1. The highest BCUT2D eigenvalue weighted by molar-refractivity contribution is 5.98. The molecule has 3 aromatic rings. The van der Waals surface area contributed by atoms with E-state index in [-0.39, 0.29) is 11.7 Å². The summed E-state index contributed by atoms with van der Waals surface area (Å²) in [4.78, 5) is 24.7. The van der Waals surface area contributed by atoms with Gasteiger partial charge in [-0.25, -0.2) is 0 Å². The van der Waals surface area contributed by atoms with E-state index in [9.17, 15) is 9.59 Å². The number of fused-ring (bicyclic) bond motifs is 1. The number of para-hydroxylation sites is 1. The van der Waals surface area contributed by atoms with Crippen molar-refractivity contribution < 1.29 is 14.0 Å². The van der Waals surface area contributed by atoms with Crippen LogP contribution in [0.25, 0.3) is 11.0 Å². The fraction of sp³-hybridized carbons (Fsp3) is 0.333. The molecule has 1 aliphatic carbocycles. The van der Waals surface area contributed by atoms with Crippen LogP contribution in [-0.4, -0.2) is 24.3 Å². The van der Waals surface area contributed by atoms with Crippen molar-refractivity contribution in [2.24, 2.45) is 0 Å². The van der Waals surface area contributed by atoms with Gasteiger partial charge in [0.05, 0.1) is 0 Å². The molecule has 0 bridgehead atoms. The average molecular weight is 390 g/mol. The lowest BCUT2D eigenvalue weighted by atomic mass is 9.95. The predicted molar refractivity (Wildman–Crippen MR) is 114 cm³/mol. The molecule has 0 atom stereocenters. The van der Waals surface area contributed by atoms with Crippen molar-refractivity contribution in [3.63, 3.8) is 0 Å². The Bertz CT molecular complexity index is 952. The number of anilines is 1. The molecule has 0 radical (unpaired) electrons. The zero-order valence-corrected chi connectivity index (χ0v) is 16.4. The number of Topliss-reactive ketones (excluding diaryl/α,β-unsaturated/α-hetero) is 1. The monoisotopic (exact) mass is 390 g/mol. The number of benzene rings is 2. The molecular formula is C24H26N2O3. The molecule has 0 unspecified atom stereocenters. The minimum Gasteiger partial charge on any atom is -0.453 e. The Hall–Kier alpha value is -3.08. The second-order valence-electron chi connectivity index (χ2n) is 7.63. The summed E-state index contributed by atoms with van der Waals surface area (Å²) >= 11 is 0. The van der Waals surface area contributed by atoms with Crippen LogP contribution in [0.15, 0.2) is 59.0 Å². The van der Waals surface area contributed by atoms with Crippen molar-refractivity contribution >= 4 is 28.3 Å². The molecule has 1 saturated carbocycles. The van der Waals surface area contributed by atoms with E-state index in [0.29, 0.717) is 30.3 Å². The molecule has 0 aliphatic heterocycles. The Morgan fingerprint density at radius 1 is 0.966 bits per heavy atom. The zero-order chi connectivity index (χ0) is 20.1. The molecule has 1 aliphatic rings. The Kier molecular flexibility index (Phi) is 5.94. The van der Waals surface area contributed by atoms with Crippen LogP contribution >= 0.6 is 0 Å². The van der Waals surface area contributed by atoms with Gasteiger partial charge in [0.1, 0.15) is 5.58 Å². The molecule has 4 rings (SSSR count). The highest BCUT2D eigenvalue weighted by atomic mass is 16.3. The van der Waals surface area contributed by atoms with E-state index in [4.69, 9.17) is 4.42 Å². The summed E-state index contributed by atoms with van der Waals surface area (Å²) in [6.07, 6.45) is 6.14. The molecule has 1 amide bonds. The van der Waals surface area contributed by atoms with E-state index in [2.05, 4.69) is 10.6 Å². The van der Waals surface area contributed by atoms with Gasteiger partial charge in [-0.1, -0.05) is 37.5 Å². The summed E-state index contributed by atoms with van der Waals surface area (Å²) in [5.74, 6) is 0.350. The molecule has 0 saturated heterocycles. The molecular weight excluding hydrogens is 364 g/mol. The molecule has 150 valence electrons. The van der Waals surface area contributed by atoms with Crippen LogP contribution in [0.1, 0.15) is 59.4 Å². The number of ketones is 1. The van der Waals surface area contributed by atoms with Crippen LogP contribution in [0, 0.1) is 0 Å². The topological polar surface area (TPSA) is 71.3 Å². The number of furan rings is 1. The molecule has 2 aromatic carbocycles. The lowest BCUT2D eigenvalue weighted by Crippen LogP contribution is -2.36. The molecule has 1 fully saturated rings. The first-order valence-electron chi connectivity index (χ1n) is 10.4. The van der Waals surface area contributed by atoms with E-state index in [0.717, 1.165) is 29.5 Å². The highest BCUT2D eigenvalue weighted by Crippen LogP contribution is 2.20. The first-order valence-corrected chi connectivity index (χ1v) is 10.4. The molecule has 1 heterocycles. The van der Waals surface area contributed by atoms with E-state index in [1.165, 1.54) is 19.3 Å². The van der Waals surface area contributed by atoms with Gasteiger partial charge >= 0.3 is 0 Å². The van der Waals surface area contributed by atoms with Gasteiger partial charge in [-0.15, -0.1) is 0 Å². The molecule has 29 heavy (non-hydrogen) atoms. The van der Waals surface area contributed by atoms with Crippen molar-refractivity contribution in [3.05, 3.63) is 65.9 Å². The Balaban J connectivity index is 1.26. The van der Waals surface area contributed by atoms with Crippen LogP contribution in [0.5, 0.6) is 0 Å². The van der Waals surface area contributed by atoms with Gasteiger partial charge < -0.3 is 15.1 Å². The van der Waals surface area contributed by atoms with Crippen molar-refractivity contribution in [1.82, 2.24) is 5.32 Å². The van der Waals surface area contributed by atoms with Gasteiger partial charge in [0.25, 0.3) is 5.91 Å². The second-order valence-corrected chi connectivity index (χ2v) is 7.63. The predicted octanol–water partition coefficient (Wildman–Crippen LogP) is 5.18. The lowest BCUT2D eigenvalue weighted by Gasteiger charge is -2.22. The fourth-order valence-electron chi connectivity index (χ4n) is 3.82. The fourth-order valence-corrected chi connectivity index (χ4v) is 3.82. The smallest absolute Gasteiger partial charge is 0.251 e. The minimum atomic E-state index is -0.0304. The number of hydrogen-bond acceptors (Lipinski definition) is 4. The summed E-state index contributed by atoms with van der Waals surface area (Å²) in [6.45, 7) is 0.503. The maximum atomic E-state index is 12.4. The minimum absolute atomic E-state index is 0.0106. The Labute approximate surface area is 170 Å². The number of rotatable bonds is 7. The van der Waals surface area contributed by atoms with Crippen molar-refractivity contribution in [1.29, 1.82) is 0 Å². The van der Waals surface area contributed by atoms with Gasteiger partial charge in [-0.3, -0.25) is 9.59 Å². The zero-order valence-electron chi connectivity index (χ0n) is 16.4. The van der Waals surface area contributed by atoms with Gasteiger partial charge in [-0.2, -0.15) is 0 Å². The van der Waals surface area contributed by atoms with Crippen LogP contribution in [0.4, 0.5) is 5.69 Å². The van der Waals surface area contributed by atoms with Crippen LogP contribution in [-0.2, 0) is 0 Å². The Morgan fingerprint density at radius 2 is 1.72 bits per heavy atom. The largest absolute Gasteiger partial charge is 0.453 e. The maximum absolute atomic E-state index is 12.4. The van der Waals surface area contributed by atoms with Crippen molar-refractivity contribution in [3.8, 4) is 0 Å². The van der Waals surface area contributed by atoms with E-state index < -0.39 is 0 Å². The number of nitrogens with one attached hydrogen (secondary N) is 2. The van der Waals surface area contributed by atoms with Gasteiger partial charge in [0.2, 0.25) is 0 Å². The first kappa shape index (κ1) is 19.2. The third-order valence-electron chi connectivity index (χ3n) is 5.47.